The Morgan fingerprint density at radius 1 is 1.06 bits per heavy atom. The average Bonchev–Trinajstić information content (AvgIpc) is 2.27. The van der Waals surface area contributed by atoms with E-state index in [1.807, 2.05) is 4.98 Å². The number of H-pyrrole nitrogens is 1. The number of halogens is 5. The van der Waals surface area contributed by atoms with E-state index in [2.05, 4.69) is 0 Å². The molecule has 1 N–H and O–H groups in total. The fourth-order valence-electron chi connectivity index (χ4n) is 1.43. The molecule has 0 aliphatic heterocycles. The first-order valence-electron chi connectivity index (χ1n) is 4.40. The second-order valence-corrected chi connectivity index (χ2v) is 3.30. The highest BCUT2D eigenvalue weighted by Crippen LogP contribution is 2.22. The first-order valence-corrected chi connectivity index (χ1v) is 4.40. The molecule has 90 valence electrons. The summed E-state index contributed by atoms with van der Waals surface area (Å²) in [6, 6.07) is 0.978. The number of nitrogens with one attached hydrogen (secondary N) is 1. The maximum absolute atomic E-state index is 13.3. The van der Waals surface area contributed by atoms with Gasteiger partial charge >= 0.3 is 0 Å². The molecular weight excluding hydrogens is 245 g/mol. The Bertz CT molecular complexity index is 649. The molecule has 0 fully saturated rings. The van der Waals surface area contributed by atoms with Gasteiger partial charge in [-0.3, -0.25) is 4.79 Å². The van der Waals surface area contributed by atoms with Gasteiger partial charge in [-0.25, -0.2) is 22.0 Å². The number of pyridine rings is 1. The summed E-state index contributed by atoms with van der Waals surface area (Å²) in [6.07, 6.45) is -3.04. The molecule has 0 spiro atoms. The van der Waals surface area contributed by atoms with E-state index in [9.17, 15) is 26.7 Å². The predicted octanol–water partition coefficient (Wildman–Crippen LogP) is 2.88. The summed E-state index contributed by atoms with van der Waals surface area (Å²) in [4.78, 5) is 13.2. The molecule has 1 heterocycles. The molecule has 0 aliphatic rings. The van der Waals surface area contributed by atoms with E-state index in [4.69, 9.17) is 0 Å². The molecule has 0 amide bonds. The lowest BCUT2D eigenvalue weighted by Crippen LogP contribution is -2.08. The van der Waals surface area contributed by atoms with Crippen LogP contribution in [-0.2, 0) is 0 Å². The Morgan fingerprint density at radius 3 is 2.29 bits per heavy atom. The molecule has 0 saturated carbocycles. The number of hydrogen-bond donors (Lipinski definition) is 1. The summed E-state index contributed by atoms with van der Waals surface area (Å²) in [5.74, 6) is -5.07. The van der Waals surface area contributed by atoms with Gasteiger partial charge in [0.2, 0.25) is 0 Å². The Labute approximate surface area is 90.7 Å². The third-order valence-corrected chi connectivity index (χ3v) is 2.22. The largest absolute Gasteiger partial charge is 0.351 e. The number of fused-ring (bicyclic) bond motifs is 1. The highest BCUT2D eigenvalue weighted by atomic mass is 19.3. The van der Waals surface area contributed by atoms with Crippen LogP contribution in [0.2, 0.25) is 0 Å². The molecule has 1 aromatic carbocycles. The van der Waals surface area contributed by atoms with Gasteiger partial charge in [0.15, 0.2) is 22.9 Å². The number of alkyl halides is 2. The lowest BCUT2D eigenvalue weighted by molar-refractivity contribution is 0.146. The van der Waals surface area contributed by atoms with Crippen molar-refractivity contribution in [3.63, 3.8) is 0 Å². The van der Waals surface area contributed by atoms with Crippen LogP contribution in [0.15, 0.2) is 16.9 Å². The van der Waals surface area contributed by atoms with Crippen molar-refractivity contribution < 1.29 is 22.0 Å². The molecule has 0 saturated heterocycles. The predicted molar refractivity (Wildman–Crippen MR) is 49.4 cm³/mol. The van der Waals surface area contributed by atoms with Gasteiger partial charge in [0.25, 0.3) is 6.43 Å². The summed E-state index contributed by atoms with van der Waals surface area (Å²) < 4.78 is 63.6. The lowest BCUT2D eigenvalue weighted by Gasteiger charge is -2.05. The standard InChI is InChI=1S/C10H4F5NO/c11-4-1-3-6(17)2-5(10(14)15)16-9(3)8(13)7(4)12/h1-2,10H,(H,16,17). The van der Waals surface area contributed by atoms with Gasteiger partial charge in [0.1, 0.15) is 0 Å². The second-order valence-electron chi connectivity index (χ2n) is 3.30. The molecule has 0 bridgehead atoms. The SMILES string of the molecule is O=c1cc(C(F)F)[nH]c2c(F)c(F)c(F)cc12. The summed E-state index contributed by atoms with van der Waals surface area (Å²) in [5.41, 5.74) is -2.63. The maximum atomic E-state index is 13.3. The van der Waals surface area contributed by atoms with Gasteiger partial charge in [0, 0.05) is 6.07 Å². The van der Waals surface area contributed by atoms with Crippen molar-refractivity contribution in [2.75, 3.05) is 0 Å². The van der Waals surface area contributed by atoms with Crippen LogP contribution in [-0.4, -0.2) is 4.98 Å². The third kappa shape index (κ3) is 1.77. The van der Waals surface area contributed by atoms with Gasteiger partial charge in [-0.05, 0) is 6.07 Å². The van der Waals surface area contributed by atoms with Crippen LogP contribution >= 0.6 is 0 Å². The minimum atomic E-state index is -3.04. The Hall–Kier alpha value is -1.92. The molecule has 0 atom stereocenters. The smallest absolute Gasteiger partial charge is 0.278 e. The molecule has 0 radical (unpaired) electrons. The maximum Gasteiger partial charge on any atom is 0.278 e. The number of hydrogen-bond acceptors (Lipinski definition) is 1. The Balaban J connectivity index is 2.93. The molecular formula is C10H4F5NO. The van der Waals surface area contributed by atoms with Gasteiger partial charge in [0.05, 0.1) is 16.6 Å². The zero-order valence-electron chi connectivity index (χ0n) is 8.03. The monoisotopic (exact) mass is 249 g/mol. The summed E-state index contributed by atoms with van der Waals surface area (Å²) in [6.45, 7) is 0. The average molecular weight is 249 g/mol. The first kappa shape index (κ1) is 11.6. The van der Waals surface area contributed by atoms with Crippen LogP contribution in [0.3, 0.4) is 0 Å². The van der Waals surface area contributed by atoms with E-state index >= 15 is 0 Å². The van der Waals surface area contributed by atoms with Gasteiger partial charge in [-0.15, -0.1) is 0 Å². The summed E-state index contributed by atoms with van der Waals surface area (Å²) >= 11 is 0. The van der Waals surface area contributed by atoms with Crippen LogP contribution < -0.4 is 5.43 Å². The molecule has 2 aromatic rings. The quantitative estimate of drug-likeness (QED) is 0.611. The molecule has 2 nitrogen and oxygen atoms in total. The van der Waals surface area contributed by atoms with Gasteiger partial charge in [-0.1, -0.05) is 0 Å². The van der Waals surface area contributed by atoms with Gasteiger partial charge in [-0.2, -0.15) is 0 Å². The zero-order valence-corrected chi connectivity index (χ0v) is 8.03. The molecule has 17 heavy (non-hydrogen) atoms. The van der Waals surface area contributed by atoms with E-state index in [1.165, 1.54) is 0 Å². The third-order valence-electron chi connectivity index (χ3n) is 2.22. The summed E-state index contributed by atoms with van der Waals surface area (Å²) in [7, 11) is 0. The highest BCUT2D eigenvalue weighted by molar-refractivity contribution is 5.79. The van der Waals surface area contributed by atoms with Gasteiger partial charge < -0.3 is 4.98 Å². The zero-order chi connectivity index (χ0) is 12.7. The van der Waals surface area contributed by atoms with Crippen molar-refractivity contribution in [1.29, 1.82) is 0 Å². The van der Waals surface area contributed by atoms with E-state index in [-0.39, 0.29) is 0 Å². The van der Waals surface area contributed by atoms with Crippen LogP contribution in [0.4, 0.5) is 22.0 Å². The van der Waals surface area contributed by atoms with Crippen LogP contribution in [0.5, 0.6) is 0 Å². The molecule has 0 unspecified atom stereocenters. The van der Waals surface area contributed by atoms with Crippen LogP contribution in [0.1, 0.15) is 12.1 Å². The summed E-state index contributed by atoms with van der Waals surface area (Å²) in [5, 5.41) is -0.522. The van der Waals surface area contributed by atoms with E-state index in [0.717, 1.165) is 0 Å². The fraction of sp³-hybridized carbons (Fsp3) is 0.100. The van der Waals surface area contributed by atoms with Crippen LogP contribution in [0, 0.1) is 17.5 Å². The Morgan fingerprint density at radius 2 is 1.71 bits per heavy atom. The Kier molecular flexibility index (Phi) is 2.60. The minimum Gasteiger partial charge on any atom is -0.351 e. The first-order chi connectivity index (χ1) is 7.91. The van der Waals surface area contributed by atoms with Crippen molar-refractivity contribution in [3.8, 4) is 0 Å². The molecule has 7 heteroatoms. The molecule has 2 rings (SSSR count). The van der Waals surface area contributed by atoms with E-state index < -0.39 is 45.9 Å². The van der Waals surface area contributed by atoms with E-state index in [1.54, 1.807) is 0 Å². The highest BCUT2D eigenvalue weighted by Gasteiger charge is 2.18. The number of benzene rings is 1. The molecule has 1 aromatic heterocycles. The minimum absolute atomic E-state index is 0.460. The molecule has 0 aliphatic carbocycles. The number of aromatic nitrogens is 1. The van der Waals surface area contributed by atoms with E-state index in [0.29, 0.717) is 12.1 Å². The number of rotatable bonds is 1. The van der Waals surface area contributed by atoms with Crippen molar-refractivity contribution in [2.24, 2.45) is 0 Å². The topological polar surface area (TPSA) is 32.9 Å². The second kappa shape index (κ2) is 3.83. The van der Waals surface area contributed by atoms with Crippen molar-refractivity contribution >= 4 is 10.9 Å². The lowest BCUT2D eigenvalue weighted by atomic mass is 10.1. The normalized spacial score (nSPS) is 11.4. The van der Waals surface area contributed by atoms with Crippen LogP contribution in [0.25, 0.3) is 10.9 Å². The van der Waals surface area contributed by atoms with Crippen molar-refractivity contribution in [2.45, 2.75) is 6.43 Å². The fourth-order valence-corrected chi connectivity index (χ4v) is 1.43. The number of aromatic amines is 1. The van der Waals surface area contributed by atoms with Crippen molar-refractivity contribution in [1.82, 2.24) is 4.98 Å². The van der Waals surface area contributed by atoms with Crippen molar-refractivity contribution in [3.05, 3.63) is 45.5 Å².